The van der Waals surface area contributed by atoms with E-state index >= 15 is 0 Å². The second-order valence-corrected chi connectivity index (χ2v) is 8.78. The zero-order valence-electron chi connectivity index (χ0n) is 14.1. The molecule has 1 unspecified atom stereocenters. The summed E-state index contributed by atoms with van der Waals surface area (Å²) in [4.78, 5) is 2.78. The van der Waals surface area contributed by atoms with Crippen LogP contribution in [0, 0.1) is 0 Å². The van der Waals surface area contributed by atoms with Crippen LogP contribution < -0.4 is 5.73 Å². The Morgan fingerprint density at radius 2 is 1.48 bits per heavy atom. The third-order valence-corrected chi connectivity index (χ3v) is 6.71. The van der Waals surface area contributed by atoms with E-state index in [2.05, 4.69) is 23.6 Å². The van der Waals surface area contributed by atoms with E-state index in [1.807, 2.05) is 0 Å². The molecule has 0 aromatic heterocycles. The molecular formula is C18H36N2S. The van der Waals surface area contributed by atoms with Gasteiger partial charge in [-0.05, 0) is 12.8 Å². The Hall–Kier alpha value is 0.270. The van der Waals surface area contributed by atoms with Gasteiger partial charge in [-0.25, -0.2) is 0 Å². The Bertz CT molecular complexity index is 270. The lowest BCUT2D eigenvalue weighted by atomic mass is 9.83. The van der Waals surface area contributed by atoms with Crippen LogP contribution in [0.3, 0.4) is 0 Å². The topological polar surface area (TPSA) is 29.3 Å². The van der Waals surface area contributed by atoms with Crippen LogP contribution in [0.4, 0.5) is 0 Å². The number of hydrogen-bond acceptors (Lipinski definition) is 3. The van der Waals surface area contributed by atoms with Crippen molar-refractivity contribution < 1.29 is 0 Å². The first-order valence-corrected chi connectivity index (χ1v) is 10.4. The molecule has 1 saturated heterocycles. The van der Waals surface area contributed by atoms with Gasteiger partial charge in [0.15, 0.2) is 0 Å². The first kappa shape index (κ1) is 17.6. The van der Waals surface area contributed by atoms with Gasteiger partial charge in [-0.3, -0.25) is 4.90 Å². The van der Waals surface area contributed by atoms with Gasteiger partial charge in [-0.15, -0.1) is 0 Å². The summed E-state index contributed by atoms with van der Waals surface area (Å²) in [5, 5.41) is 0.781. The van der Waals surface area contributed by atoms with Gasteiger partial charge in [-0.2, -0.15) is 11.8 Å². The number of rotatable bonds is 2. The molecule has 0 spiro atoms. The molecule has 21 heavy (non-hydrogen) atoms. The van der Waals surface area contributed by atoms with Gasteiger partial charge in [-0.1, -0.05) is 64.7 Å². The van der Waals surface area contributed by atoms with E-state index in [1.54, 1.807) is 0 Å². The van der Waals surface area contributed by atoms with E-state index in [0.29, 0.717) is 5.54 Å². The van der Waals surface area contributed by atoms with Crippen molar-refractivity contribution in [1.82, 2.24) is 4.90 Å². The first-order valence-electron chi connectivity index (χ1n) is 9.33. The molecule has 2 fully saturated rings. The van der Waals surface area contributed by atoms with Gasteiger partial charge in [0.2, 0.25) is 0 Å². The van der Waals surface area contributed by atoms with Gasteiger partial charge in [0.25, 0.3) is 0 Å². The first-order chi connectivity index (χ1) is 10.3. The Labute approximate surface area is 136 Å². The number of nitrogens with zero attached hydrogens (tertiary/aromatic N) is 1. The zero-order chi connectivity index (χ0) is 15.0. The predicted molar refractivity (Wildman–Crippen MR) is 96.1 cm³/mol. The fourth-order valence-corrected chi connectivity index (χ4v) is 5.18. The van der Waals surface area contributed by atoms with Crippen LogP contribution in [0.15, 0.2) is 0 Å². The molecule has 2 N–H and O–H groups in total. The van der Waals surface area contributed by atoms with E-state index in [4.69, 9.17) is 5.73 Å². The fraction of sp³-hybridized carbons (Fsp3) is 1.00. The van der Waals surface area contributed by atoms with E-state index < -0.39 is 0 Å². The molecule has 1 atom stereocenters. The highest BCUT2D eigenvalue weighted by Gasteiger charge is 2.36. The average molecular weight is 313 g/mol. The van der Waals surface area contributed by atoms with Crippen molar-refractivity contribution in [3.8, 4) is 0 Å². The van der Waals surface area contributed by atoms with E-state index in [1.165, 1.54) is 89.5 Å². The molecule has 1 saturated carbocycles. The Balaban J connectivity index is 1.99. The third-order valence-electron chi connectivity index (χ3n) is 5.58. The summed E-state index contributed by atoms with van der Waals surface area (Å²) >= 11 is 2.14. The van der Waals surface area contributed by atoms with Gasteiger partial charge in [0.05, 0.1) is 0 Å². The fourth-order valence-electron chi connectivity index (χ4n) is 4.17. The van der Waals surface area contributed by atoms with Crippen molar-refractivity contribution in [3.05, 3.63) is 0 Å². The summed E-state index contributed by atoms with van der Waals surface area (Å²) in [7, 11) is 0. The minimum Gasteiger partial charge on any atom is -0.329 e. The second-order valence-electron chi connectivity index (χ2n) is 7.24. The SMILES string of the molecule is CC1CN(C2(CN)CCCCCCCCCCC2)CCS1. The van der Waals surface area contributed by atoms with Gasteiger partial charge < -0.3 is 5.73 Å². The summed E-state index contributed by atoms with van der Waals surface area (Å²) in [6.45, 7) is 5.76. The van der Waals surface area contributed by atoms with E-state index in [0.717, 1.165) is 11.8 Å². The van der Waals surface area contributed by atoms with E-state index in [9.17, 15) is 0 Å². The maximum absolute atomic E-state index is 6.35. The Kier molecular flexibility index (Phi) is 7.90. The highest BCUT2D eigenvalue weighted by molar-refractivity contribution is 7.99. The van der Waals surface area contributed by atoms with Crippen LogP contribution in [0.5, 0.6) is 0 Å². The lowest BCUT2D eigenvalue weighted by Gasteiger charge is -2.47. The molecule has 1 heterocycles. The summed E-state index contributed by atoms with van der Waals surface area (Å²) in [5.74, 6) is 1.29. The normalized spacial score (nSPS) is 30.3. The van der Waals surface area contributed by atoms with Crippen LogP contribution in [-0.4, -0.2) is 41.1 Å². The molecule has 0 amide bonds. The van der Waals surface area contributed by atoms with Crippen LogP contribution in [0.1, 0.15) is 77.6 Å². The summed E-state index contributed by atoms with van der Waals surface area (Å²) in [6.07, 6.45) is 15.5. The third kappa shape index (κ3) is 5.44. The highest BCUT2D eigenvalue weighted by Crippen LogP contribution is 2.33. The number of hydrogen-bond donors (Lipinski definition) is 1. The van der Waals surface area contributed by atoms with Crippen molar-refractivity contribution in [2.24, 2.45) is 5.73 Å². The largest absolute Gasteiger partial charge is 0.329 e. The predicted octanol–water partition coefficient (Wildman–Crippen LogP) is 4.43. The number of nitrogens with two attached hydrogens (primary N) is 1. The van der Waals surface area contributed by atoms with Crippen LogP contribution in [0.25, 0.3) is 0 Å². The number of thioether (sulfide) groups is 1. The van der Waals surface area contributed by atoms with Gasteiger partial charge >= 0.3 is 0 Å². The molecule has 124 valence electrons. The molecule has 0 aromatic carbocycles. The monoisotopic (exact) mass is 312 g/mol. The van der Waals surface area contributed by atoms with Crippen LogP contribution in [-0.2, 0) is 0 Å². The summed E-state index contributed by atoms with van der Waals surface area (Å²) in [5.41, 5.74) is 6.66. The van der Waals surface area contributed by atoms with Gasteiger partial charge in [0.1, 0.15) is 0 Å². The van der Waals surface area contributed by atoms with Crippen LogP contribution in [0.2, 0.25) is 0 Å². The lowest BCUT2D eigenvalue weighted by molar-refractivity contribution is 0.0747. The highest BCUT2D eigenvalue weighted by atomic mass is 32.2. The van der Waals surface area contributed by atoms with Crippen molar-refractivity contribution in [1.29, 1.82) is 0 Å². The van der Waals surface area contributed by atoms with Crippen molar-refractivity contribution in [2.75, 3.05) is 25.4 Å². The maximum Gasteiger partial charge on any atom is 0.0332 e. The lowest BCUT2D eigenvalue weighted by Crippen LogP contribution is -2.57. The van der Waals surface area contributed by atoms with Crippen molar-refractivity contribution in [2.45, 2.75) is 88.3 Å². The molecule has 3 heteroatoms. The molecule has 1 aliphatic heterocycles. The Morgan fingerprint density at radius 1 is 0.952 bits per heavy atom. The minimum atomic E-state index is 0.314. The summed E-state index contributed by atoms with van der Waals surface area (Å²) < 4.78 is 0. The molecule has 1 aliphatic carbocycles. The quantitative estimate of drug-likeness (QED) is 0.818. The molecule has 2 aliphatic rings. The molecular weight excluding hydrogens is 276 g/mol. The minimum absolute atomic E-state index is 0.314. The second kappa shape index (κ2) is 9.42. The molecule has 0 aromatic rings. The molecule has 0 radical (unpaired) electrons. The Morgan fingerprint density at radius 3 is 1.95 bits per heavy atom. The molecule has 2 nitrogen and oxygen atoms in total. The smallest absolute Gasteiger partial charge is 0.0332 e. The van der Waals surface area contributed by atoms with Gasteiger partial charge in [0, 0.05) is 36.2 Å². The standard InChI is InChI=1S/C18H36N2S/c1-17-15-20(13-14-21-17)18(16-19)11-9-7-5-3-2-4-6-8-10-12-18/h17H,2-16,19H2,1H3. The van der Waals surface area contributed by atoms with Crippen molar-refractivity contribution >= 4 is 11.8 Å². The summed E-state index contributed by atoms with van der Waals surface area (Å²) in [6, 6.07) is 0. The van der Waals surface area contributed by atoms with Crippen molar-refractivity contribution in [3.63, 3.8) is 0 Å². The average Bonchev–Trinajstić information content (AvgIpc) is 2.48. The van der Waals surface area contributed by atoms with E-state index in [-0.39, 0.29) is 0 Å². The van der Waals surface area contributed by atoms with Crippen LogP contribution >= 0.6 is 11.8 Å². The zero-order valence-corrected chi connectivity index (χ0v) is 14.9. The molecule has 2 rings (SSSR count). The molecule has 0 bridgehead atoms. The maximum atomic E-state index is 6.35.